The molecule has 0 bridgehead atoms. The van der Waals surface area contributed by atoms with Crippen LogP contribution in [-0.2, 0) is 0 Å². The summed E-state index contributed by atoms with van der Waals surface area (Å²) in [6.45, 7) is 0. The van der Waals surface area contributed by atoms with Gasteiger partial charge in [0, 0.05) is 5.10 Å². The Labute approximate surface area is 34.0 Å². The second kappa shape index (κ2) is 0.965. The summed E-state index contributed by atoms with van der Waals surface area (Å²) in [7, 11) is 0. The van der Waals surface area contributed by atoms with Crippen LogP contribution in [0, 0.1) is 5.21 Å². The molecule has 6 heavy (non-hydrogen) atoms. The van der Waals surface area contributed by atoms with Crippen LogP contribution in [0.5, 0.6) is 0 Å². The van der Waals surface area contributed by atoms with Gasteiger partial charge in [-0.3, -0.25) is 0 Å². The van der Waals surface area contributed by atoms with E-state index in [0.717, 1.165) is 0 Å². The number of hydrogen-bond donors (Lipinski definition) is 1. The minimum atomic E-state index is 0.514. The van der Waals surface area contributed by atoms with E-state index in [2.05, 4.69) is 10.3 Å². The molecule has 1 N–H and O–H groups in total. The van der Waals surface area contributed by atoms with Gasteiger partial charge in [-0.15, -0.1) is 0 Å². The van der Waals surface area contributed by atoms with Crippen molar-refractivity contribution in [1.82, 2.24) is 10.3 Å². The number of aromatic nitrogens is 3. The third-order valence-electron chi connectivity index (χ3n) is 0.433. The lowest BCUT2D eigenvalue weighted by molar-refractivity contribution is -0.668. The molecule has 0 radical (unpaired) electrons. The molecule has 0 aliphatic heterocycles. The van der Waals surface area contributed by atoms with Crippen molar-refractivity contribution in [2.24, 2.45) is 0 Å². The maximum absolute atomic E-state index is 9.87. The van der Waals surface area contributed by atoms with Gasteiger partial charge >= 0.3 is 0 Å². The molecule has 0 amide bonds. The van der Waals surface area contributed by atoms with Crippen LogP contribution >= 0.6 is 0 Å². The molecule has 1 rings (SSSR count). The Morgan fingerprint density at radius 1 is 1.83 bits per heavy atom. The molecule has 32 valence electrons. The van der Waals surface area contributed by atoms with Gasteiger partial charge in [-0.25, -0.2) is 0 Å². The summed E-state index contributed by atoms with van der Waals surface area (Å²) in [5.74, 6) is 0. The van der Waals surface area contributed by atoms with Crippen molar-refractivity contribution >= 4 is 0 Å². The van der Waals surface area contributed by atoms with Crippen LogP contribution in [0.25, 0.3) is 0 Å². The van der Waals surface area contributed by atoms with Gasteiger partial charge in [0.15, 0.2) is 6.20 Å². The van der Waals surface area contributed by atoms with E-state index < -0.39 is 0 Å². The van der Waals surface area contributed by atoms with Crippen LogP contribution in [0.3, 0.4) is 0 Å². The molecule has 0 aromatic carbocycles. The number of rotatable bonds is 0. The van der Waals surface area contributed by atoms with Crippen molar-refractivity contribution in [2.45, 2.75) is 0 Å². The first-order valence-electron chi connectivity index (χ1n) is 1.48. The smallest absolute Gasteiger partial charge is 0.206 e. The van der Waals surface area contributed by atoms with E-state index in [0.29, 0.717) is 4.85 Å². The maximum atomic E-state index is 9.87. The summed E-state index contributed by atoms with van der Waals surface area (Å²) in [4.78, 5) is 0.514. The van der Waals surface area contributed by atoms with Gasteiger partial charge in [-0.2, -0.15) is 4.85 Å². The average Bonchev–Trinajstić information content (AvgIpc) is 1.86. The Kier molecular flexibility index (Phi) is 0.506. The summed E-state index contributed by atoms with van der Waals surface area (Å²) in [6, 6.07) is 0. The molecule has 0 unspecified atom stereocenters. The Hall–Kier alpha value is -1.06. The predicted octanol–water partition coefficient (Wildman–Crippen LogP) is -0.957. The van der Waals surface area contributed by atoms with Gasteiger partial charge in [-0.05, 0) is 0 Å². The zero-order valence-corrected chi connectivity index (χ0v) is 2.96. The minimum absolute atomic E-state index is 0.514. The SMILES string of the molecule is [O-][n+]1ccn[nH]1. The highest BCUT2D eigenvalue weighted by Gasteiger charge is 1.76. The number of nitrogens with zero attached hydrogens (tertiary/aromatic N) is 2. The fourth-order valence-electron chi connectivity index (χ4n) is 0.217. The first-order chi connectivity index (χ1) is 2.89. The molecule has 0 saturated carbocycles. The van der Waals surface area contributed by atoms with Gasteiger partial charge < -0.3 is 5.21 Å². The van der Waals surface area contributed by atoms with E-state index >= 15 is 0 Å². The molecule has 4 nitrogen and oxygen atoms in total. The van der Waals surface area contributed by atoms with Gasteiger partial charge in [0.25, 0.3) is 0 Å². The third-order valence-corrected chi connectivity index (χ3v) is 0.433. The highest BCUT2D eigenvalue weighted by atomic mass is 16.5. The molecule has 0 saturated heterocycles. The van der Waals surface area contributed by atoms with Gasteiger partial charge in [0.05, 0.1) is 0 Å². The van der Waals surface area contributed by atoms with Crippen molar-refractivity contribution in [2.75, 3.05) is 0 Å². The predicted molar refractivity (Wildman–Crippen MR) is 17.5 cm³/mol. The summed E-state index contributed by atoms with van der Waals surface area (Å²) in [5, 5.41) is 15.3. The molecule has 0 aliphatic rings. The zero-order valence-electron chi connectivity index (χ0n) is 2.96. The fraction of sp³-hybridized carbons (Fsp3) is 0. The largest absolute Gasteiger partial charge is 0.693 e. The summed E-state index contributed by atoms with van der Waals surface area (Å²) >= 11 is 0. The molecule has 1 aromatic heterocycles. The Morgan fingerprint density at radius 3 is 2.83 bits per heavy atom. The van der Waals surface area contributed by atoms with E-state index in [4.69, 9.17) is 0 Å². The molecule has 1 aromatic rings. The molecular weight excluding hydrogens is 82.0 g/mol. The van der Waals surface area contributed by atoms with Crippen LogP contribution < -0.4 is 4.85 Å². The Balaban J connectivity index is 3.05. The molecule has 0 atom stereocenters. The lowest BCUT2D eigenvalue weighted by atomic mass is 11.0. The second-order valence-corrected chi connectivity index (χ2v) is 0.853. The number of H-pyrrole nitrogens is 1. The van der Waals surface area contributed by atoms with Crippen molar-refractivity contribution in [1.29, 1.82) is 0 Å². The van der Waals surface area contributed by atoms with E-state index in [1.165, 1.54) is 12.4 Å². The average molecular weight is 85.1 g/mol. The van der Waals surface area contributed by atoms with Gasteiger partial charge in [0.1, 0.15) is 0 Å². The molecule has 0 spiro atoms. The molecular formula is C2H3N3O. The Bertz CT molecular complexity index is 112. The molecule has 0 aliphatic carbocycles. The third kappa shape index (κ3) is 0.314. The van der Waals surface area contributed by atoms with Crippen LogP contribution in [0.2, 0.25) is 0 Å². The number of nitrogens with one attached hydrogen (secondary N) is 1. The highest BCUT2D eigenvalue weighted by molar-refractivity contribution is 4.48. The van der Waals surface area contributed by atoms with Crippen LogP contribution in [0.1, 0.15) is 0 Å². The van der Waals surface area contributed by atoms with Crippen LogP contribution in [0.15, 0.2) is 12.4 Å². The first-order valence-corrected chi connectivity index (χ1v) is 1.48. The van der Waals surface area contributed by atoms with E-state index in [-0.39, 0.29) is 0 Å². The quantitative estimate of drug-likeness (QED) is 0.326. The standard InChI is InChI=1S/C2H3N3O/c6-5-2-1-3-4-5/h1-2,4H. The normalized spacial score (nSPS) is 8.67. The fourth-order valence-corrected chi connectivity index (χ4v) is 0.217. The minimum Gasteiger partial charge on any atom is -0.693 e. The summed E-state index contributed by atoms with van der Waals surface area (Å²) in [6.07, 6.45) is 2.66. The van der Waals surface area contributed by atoms with Crippen molar-refractivity contribution in [3.63, 3.8) is 0 Å². The molecule has 1 heterocycles. The summed E-state index contributed by atoms with van der Waals surface area (Å²) in [5.41, 5.74) is 0. The zero-order chi connectivity index (χ0) is 4.41. The second-order valence-electron chi connectivity index (χ2n) is 0.853. The maximum Gasteiger partial charge on any atom is 0.206 e. The van der Waals surface area contributed by atoms with Crippen molar-refractivity contribution in [3.05, 3.63) is 17.6 Å². The first kappa shape index (κ1) is 3.14. The van der Waals surface area contributed by atoms with Gasteiger partial charge in [0.2, 0.25) is 6.20 Å². The lowest BCUT2D eigenvalue weighted by Gasteiger charge is -1.84. The van der Waals surface area contributed by atoms with Crippen molar-refractivity contribution < 1.29 is 4.85 Å². The number of aromatic amines is 1. The topological polar surface area (TPSA) is 55.6 Å². The monoisotopic (exact) mass is 85.0 g/mol. The van der Waals surface area contributed by atoms with E-state index in [1.807, 2.05) is 0 Å². The van der Waals surface area contributed by atoms with E-state index in [1.54, 1.807) is 0 Å². The van der Waals surface area contributed by atoms with Gasteiger partial charge in [-0.1, -0.05) is 5.21 Å². The summed E-state index contributed by atoms with van der Waals surface area (Å²) < 4.78 is 0. The van der Waals surface area contributed by atoms with E-state index in [9.17, 15) is 5.21 Å². The van der Waals surface area contributed by atoms with Crippen LogP contribution in [-0.4, -0.2) is 10.3 Å². The highest BCUT2D eigenvalue weighted by Crippen LogP contribution is 1.53. The molecule has 4 heteroatoms. The van der Waals surface area contributed by atoms with Crippen molar-refractivity contribution in [3.8, 4) is 0 Å². The Morgan fingerprint density at radius 2 is 2.67 bits per heavy atom. The lowest BCUT2D eigenvalue weighted by Crippen LogP contribution is -2.26. The molecule has 0 fully saturated rings. The van der Waals surface area contributed by atoms with Crippen LogP contribution in [0.4, 0.5) is 0 Å². The number of hydrogen-bond acceptors (Lipinski definition) is 2.